The summed E-state index contributed by atoms with van der Waals surface area (Å²) < 4.78 is 5.81. The first-order valence-electron chi connectivity index (χ1n) is 8.11. The lowest BCUT2D eigenvalue weighted by Crippen LogP contribution is -2.48. The standard InChI is InChI=1S/C18H29NO2/c1-13-8-9-14(2)18(10-13)21-12-17(20)11-19-15(3)6-5-7-16(19)4/h8-10,15-17,20H,5-7,11-12H2,1-4H3/t15-,16-,17+/m0/s1. The van der Waals surface area contributed by atoms with Crippen LogP contribution in [-0.2, 0) is 0 Å². The molecule has 1 aliphatic heterocycles. The van der Waals surface area contributed by atoms with Crippen LogP contribution in [0.3, 0.4) is 0 Å². The molecule has 118 valence electrons. The average Bonchev–Trinajstić information content (AvgIpc) is 2.44. The van der Waals surface area contributed by atoms with E-state index in [1.807, 2.05) is 13.0 Å². The van der Waals surface area contributed by atoms with Gasteiger partial charge in [-0.25, -0.2) is 0 Å². The molecule has 2 rings (SSSR count). The van der Waals surface area contributed by atoms with Crippen molar-refractivity contribution in [3.05, 3.63) is 29.3 Å². The number of nitrogens with zero attached hydrogens (tertiary/aromatic N) is 1. The summed E-state index contributed by atoms with van der Waals surface area (Å²) in [5.41, 5.74) is 2.30. The smallest absolute Gasteiger partial charge is 0.122 e. The average molecular weight is 291 g/mol. The Bertz CT molecular complexity index is 451. The summed E-state index contributed by atoms with van der Waals surface area (Å²) in [6.45, 7) is 9.67. The topological polar surface area (TPSA) is 32.7 Å². The molecule has 1 aromatic carbocycles. The van der Waals surface area contributed by atoms with Crippen LogP contribution in [0.25, 0.3) is 0 Å². The Hall–Kier alpha value is -1.06. The van der Waals surface area contributed by atoms with Crippen LogP contribution in [0.1, 0.15) is 44.2 Å². The number of benzene rings is 1. The Balaban J connectivity index is 1.86. The van der Waals surface area contributed by atoms with Gasteiger partial charge in [0.1, 0.15) is 18.5 Å². The number of aryl methyl sites for hydroxylation is 2. The first kappa shape index (κ1) is 16.3. The number of piperidine rings is 1. The molecule has 3 atom stereocenters. The second-order valence-electron chi connectivity index (χ2n) is 6.56. The zero-order valence-electron chi connectivity index (χ0n) is 13.8. The molecule has 0 unspecified atom stereocenters. The molecule has 1 fully saturated rings. The summed E-state index contributed by atoms with van der Waals surface area (Å²) in [5.74, 6) is 0.883. The van der Waals surface area contributed by atoms with Crippen LogP contribution in [0.15, 0.2) is 18.2 Å². The highest BCUT2D eigenvalue weighted by Crippen LogP contribution is 2.23. The minimum Gasteiger partial charge on any atom is -0.491 e. The third-order valence-electron chi connectivity index (χ3n) is 4.57. The lowest BCUT2D eigenvalue weighted by atomic mass is 9.97. The van der Waals surface area contributed by atoms with Crippen molar-refractivity contribution in [1.82, 2.24) is 4.90 Å². The van der Waals surface area contributed by atoms with E-state index in [0.717, 1.165) is 11.3 Å². The fourth-order valence-electron chi connectivity index (χ4n) is 3.18. The van der Waals surface area contributed by atoms with E-state index in [1.165, 1.54) is 24.8 Å². The van der Waals surface area contributed by atoms with Crippen LogP contribution in [0, 0.1) is 13.8 Å². The second kappa shape index (κ2) is 7.28. The molecule has 0 aliphatic carbocycles. The van der Waals surface area contributed by atoms with Gasteiger partial charge in [0.2, 0.25) is 0 Å². The molecule has 0 radical (unpaired) electrons. The van der Waals surface area contributed by atoms with Crippen molar-refractivity contribution in [2.45, 2.75) is 65.1 Å². The Morgan fingerprint density at radius 1 is 1.24 bits per heavy atom. The van der Waals surface area contributed by atoms with E-state index >= 15 is 0 Å². The van der Waals surface area contributed by atoms with E-state index in [2.05, 4.69) is 37.8 Å². The van der Waals surface area contributed by atoms with E-state index < -0.39 is 6.10 Å². The number of hydrogen-bond donors (Lipinski definition) is 1. The minimum atomic E-state index is -0.437. The summed E-state index contributed by atoms with van der Waals surface area (Å²) >= 11 is 0. The SMILES string of the molecule is Cc1ccc(C)c(OC[C@H](O)CN2[C@@H](C)CCC[C@@H]2C)c1. The first-order valence-corrected chi connectivity index (χ1v) is 8.11. The number of likely N-dealkylation sites (tertiary alicyclic amines) is 1. The Kier molecular flexibility index (Phi) is 5.65. The Morgan fingerprint density at radius 2 is 1.90 bits per heavy atom. The van der Waals surface area contributed by atoms with E-state index in [4.69, 9.17) is 4.74 Å². The third-order valence-corrected chi connectivity index (χ3v) is 4.57. The lowest BCUT2D eigenvalue weighted by Gasteiger charge is -2.40. The van der Waals surface area contributed by atoms with E-state index in [9.17, 15) is 5.11 Å². The van der Waals surface area contributed by atoms with Gasteiger partial charge in [-0.2, -0.15) is 0 Å². The zero-order chi connectivity index (χ0) is 15.4. The highest BCUT2D eigenvalue weighted by atomic mass is 16.5. The predicted molar refractivity (Wildman–Crippen MR) is 86.9 cm³/mol. The summed E-state index contributed by atoms with van der Waals surface area (Å²) in [5, 5.41) is 10.3. The van der Waals surface area contributed by atoms with E-state index in [0.29, 0.717) is 25.2 Å². The van der Waals surface area contributed by atoms with Gasteiger partial charge in [-0.05, 0) is 57.7 Å². The van der Waals surface area contributed by atoms with Crippen LogP contribution in [-0.4, -0.2) is 41.3 Å². The highest BCUT2D eigenvalue weighted by Gasteiger charge is 2.26. The minimum absolute atomic E-state index is 0.361. The molecule has 1 aromatic rings. The Labute approximate surface area is 128 Å². The van der Waals surface area contributed by atoms with Crippen LogP contribution in [0.5, 0.6) is 5.75 Å². The maximum absolute atomic E-state index is 10.3. The van der Waals surface area contributed by atoms with Crippen LogP contribution in [0.4, 0.5) is 0 Å². The summed E-state index contributed by atoms with van der Waals surface area (Å²) in [6, 6.07) is 7.30. The van der Waals surface area contributed by atoms with Crippen molar-refractivity contribution in [3.8, 4) is 5.75 Å². The molecule has 1 N–H and O–H groups in total. The van der Waals surface area contributed by atoms with Gasteiger partial charge in [-0.3, -0.25) is 4.90 Å². The quantitative estimate of drug-likeness (QED) is 0.903. The van der Waals surface area contributed by atoms with Crippen LogP contribution in [0.2, 0.25) is 0 Å². The number of rotatable bonds is 5. The number of ether oxygens (including phenoxy) is 1. The molecule has 3 heteroatoms. The van der Waals surface area contributed by atoms with Gasteiger partial charge >= 0.3 is 0 Å². The fourth-order valence-corrected chi connectivity index (χ4v) is 3.18. The van der Waals surface area contributed by atoms with Crippen LogP contribution < -0.4 is 4.74 Å². The van der Waals surface area contributed by atoms with Gasteiger partial charge in [0, 0.05) is 18.6 Å². The van der Waals surface area contributed by atoms with E-state index in [1.54, 1.807) is 0 Å². The maximum Gasteiger partial charge on any atom is 0.122 e. The second-order valence-corrected chi connectivity index (χ2v) is 6.56. The molecule has 3 nitrogen and oxygen atoms in total. The van der Waals surface area contributed by atoms with Crippen molar-refractivity contribution in [1.29, 1.82) is 0 Å². The molecule has 21 heavy (non-hydrogen) atoms. The van der Waals surface area contributed by atoms with Crippen molar-refractivity contribution in [2.24, 2.45) is 0 Å². The van der Waals surface area contributed by atoms with Gasteiger partial charge in [0.05, 0.1) is 0 Å². The zero-order valence-corrected chi connectivity index (χ0v) is 13.8. The number of aliphatic hydroxyl groups excluding tert-OH is 1. The van der Waals surface area contributed by atoms with Crippen molar-refractivity contribution in [3.63, 3.8) is 0 Å². The molecule has 1 aliphatic rings. The molecule has 0 amide bonds. The molecular weight excluding hydrogens is 262 g/mol. The summed E-state index contributed by atoms with van der Waals surface area (Å²) in [6.07, 6.45) is 3.32. The van der Waals surface area contributed by atoms with Gasteiger partial charge < -0.3 is 9.84 Å². The van der Waals surface area contributed by atoms with Gasteiger partial charge in [0.25, 0.3) is 0 Å². The number of β-amino-alcohol motifs (C(OH)–C–C–N with tert-alkyl or cyclic N) is 1. The number of aliphatic hydroxyl groups is 1. The summed E-state index contributed by atoms with van der Waals surface area (Å²) in [4.78, 5) is 2.42. The van der Waals surface area contributed by atoms with Gasteiger partial charge in [-0.1, -0.05) is 18.6 Å². The molecule has 0 aromatic heterocycles. The maximum atomic E-state index is 10.3. The fraction of sp³-hybridized carbons (Fsp3) is 0.667. The van der Waals surface area contributed by atoms with Crippen molar-refractivity contribution < 1.29 is 9.84 Å². The molecule has 0 spiro atoms. The molecule has 0 bridgehead atoms. The van der Waals surface area contributed by atoms with Gasteiger partial charge in [0.15, 0.2) is 0 Å². The normalized spacial score (nSPS) is 24.8. The molecular formula is C18H29NO2. The molecule has 1 saturated heterocycles. The first-order chi connectivity index (χ1) is 9.97. The highest BCUT2D eigenvalue weighted by molar-refractivity contribution is 5.35. The summed E-state index contributed by atoms with van der Waals surface area (Å²) in [7, 11) is 0. The third kappa shape index (κ3) is 4.45. The van der Waals surface area contributed by atoms with Gasteiger partial charge in [-0.15, -0.1) is 0 Å². The predicted octanol–water partition coefficient (Wildman–Crippen LogP) is 3.31. The largest absolute Gasteiger partial charge is 0.491 e. The lowest BCUT2D eigenvalue weighted by molar-refractivity contribution is 0.0207. The monoisotopic (exact) mass is 291 g/mol. The van der Waals surface area contributed by atoms with E-state index in [-0.39, 0.29) is 0 Å². The molecule has 1 heterocycles. The molecule has 0 saturated carbocycles. The Morgan fingerprint density at radius 3 is 2.57 bits per heavy atom. The number of hydrogen-bond acceptors (Lipinski definition) is 3. The van der Waals surface area contributed by atoms with Crippen molar-refractivity contribution in [2.75, 3.05) is 13.2 Å². The van der Waals surface area contributed by atoms with Crippen LogP contribution >= 0.6 is 0 Å². The van der Waals surface area contributed by atoms with Crippen molar-refractivity contribution >= 4 is 0 Å².